The molecule has 0 fully saturated rings. The molecule has 0 saturated carbocycles. The van der Waals surface area contributed by atoms with Crippen LogP contribution in [0.1, 0.15) is 10.4 Å². The van der Waals surface area contributed by atoms with Crippen LogP contribution in [0.5, 0.6) is 0 Å². The highest BCUT2D eigenvalue weighted by atomic mass is 32.2. The zero-order valence-corrected chi connectivity index (χ0v) is 7.80. The fourth-order valence-corrected chi connectivity index (χ4v) is 3.36. The molecule has 1 aromatic carbocycles. The molecule has 64 valence electrons. The molecule has 1 heterocycles. The van der Waals surface area contributed by atoms with Crippen LogP contribution in [0.2, 0.25) is 0 Å². The summed E-state index contributed by atoms with van der Waals surface area (Å²) in [4.78, 5) is 1.02. The molecule has 1 aliphatic carbocycles. The van der Waals surface area contributed by atoms with E-state index >= 15 is 0 Å². The highest BCUT2D eigenvalue weighted by molar-refractivity contribution is 7.32. The Hall–Kier alpha value is -1.12. The van der Waals surface area contributed by atoms with E-state index in [0.717, 1.165) is 16.0 Å². The second-order valence-corrected chi connectivity index (χ2v) is 4.63. The fourth-order valence-electron chi connectivity index (χ4n) is 1.90. The van der Waals surface area contributed by atoms with Gasteiger partial charge in [0.1, 0.15) is 0 Å². The summed E-state index contributed by atoms with van der Waals surface area (Å²) in [6.07, 6.45) is 5.02. The van der Waals surface area contributed by atoms with Gasteiger partial charge in [0.15, 0.2) is 9.58 Å². The number of thiophene rings is 1. The molecule has 0 radical (unpaired) electrons. The maximum atomic E-state index is 11.9. The highest BCUT2D eigenvalue weighted by Gasteiger charge is 2.21. The Morgan fingerprint density at radius 2 is 2.08 bits per heavy atom. The van der Waals surface area contributed by atoms with Gasteiger partial charge in [0.05, 0.1) is 0 Å². The van der Waals surface area contributed by atoms with Crippen LogP contribution in [0.4, 0.5) is 0 Å². The molecule has 1 atom stereocenters. The van der Waals surface area contributed by atoms with E-state index in [9.17, 15) is 4.55 Å². The third-order valence-electron chi connectivity index (χ3n) is 2.50. The second-order valence-electron chi connectivity index (χ2n) is 3.21. The first-order valence-electron chi connectivity index (χ1n) is 4.29. The molecule has 2 aromatic rings. The maximum Gasteiger partial charge on any atom is 0.180 e. The Morgan fingerprint density at radius 3 is 3.00 bits per heavy atom. The summed E-state index contributed by atoms with van der Waals surface area (Å²) in [6, 6.07) is 7.97. The Bertz CT molecular complexity index is 508. The quantitative estimate of drug-likeness (QED) is 0.582. The van der Waals surface area contributed by atoms with E-state index < -0.39 is 10.8 Å². The summed E-state index contributed by atoms with van der Waals surface area (Å²) in [7, 11) is -0.910. The van der Waals surface area contributed by atoms with Crippen molar-refractivity contribution in [2.45, 2.75) is 6.42 Å². The van der Waals surface area contributed by atoms with Crippen LogP contribution in [-0.4, -0.2) is 4.55 Å². The van der Waals surface area contributed by atoms with Crippen molar-refractivity contribution in [1.82, 2.24) is 0 Å². The minimum Gasteiger partial charge on any atom is -0.590 e. The summed E-state index contributed by atoms with van der Waals surface area (Å²) in [6.45, 7) is 0. The van der Waals surface area contributed by atoms with Gasteiger partial charge in [0.25, 0.3) is 0 Å². The molecule has 1 aliphatic rings. The van der Waals surface area contributed by atoms with Crippen LogP contribution in [0.3, 0.4) is 0 Å². The van der Waals surface area contributed by atoms with E-state index in [-0.39, 0.29) is 0 Å². The largest absolute Gasteiger partial charge is 0.590 e. The molecule has 1 aromatic heterocycles. The standard InChI is InChI=1S/C11H8OS/c12-13-10-6-2-1-4-8(10)9-5-3-7-11(9)13/h1-4,6-7H,5H2. The summed E-state index contributed by atoms with van der Waals surface area (Å²) in [5.41, 5.74) is 1.26. The number of benzene rings is 1. The predicted molar refractivity (Wildman–Crippen MR) is 55.3 cm³/mol. The minimum absolute atomic E-state index is 0.910. The fraction of sp³-hybridized carbons (Fsp3) is 0.0909. The van der Waals surface area contributed by atoms with Crippen LogP contribution >= 0.6 is 10.8 Å². The highest BCUT2D eigenvalue weighted by Crippen LogP contribution is 2.41. The van der Waals surface area contributed by atoms with E-state index in [2.05, 4.69) is 12.1 Å². The van der Waals surface area contributed by atoms with Crippen molar-refractivity contribution in [3.8, 4) is 0 Å². The number of fused-ring (bicyclic) bond motifs is 3. The first-order valence-corrected chi connectivity index (χ1v) is 5.44. The van der Waals surface area contributed by atoms with Gasteiger partial charge in [0.2, 0.25) is 0 Å². The van der Waals surface area contributed by atoms with Crippen LogP contribution in [0.15, 0.2) is 30.3 Å². The first-order chi connectivity index (χ1) is 6.38. The van der Waals surface area contributed by atoms with Gasteiger partial charge in [-0.05, 0) is 35.4 Å². The summed E-state index contributed by atoms with van der Waals surface area (Å²) < 4.78 is 12.9. The van der Waals surface area contributed by atoms with E-state index in [1.165, 1.54) is 10.9 Å². The molecule has 1 unspecified atom stereocenters. The van der Waals surface area contributed by atoms with Gasteiger partial charge in [-0.3, -0.25) is 0 Å². The van der Waals surface area contributed by atoms with Gasteiger partial charge in [-0.25, -0.2) is 0 Å². The van der Waals surface area contributed by atoms with Crippen LogP contribution in [0.25, 0.3) is 16.2 Å². The molecule has 0 amide bonds. The minimum atomic E-state index is -0.910. The molecule has 0 aliphatic heterocycles. The lowest BCUT2D eigenvalue weighted by atomic mass is 10.1. The van der Waals surface area contributed by atoms with E-state index in [1.54, 1.807) is 0 Å². The van der Waals surface area contributed by atoms with Gasteiger partial charge in [-0.15, -0.1) is 0 Å². The van der Waals surface area contributed by atoms with Crippen molar-refractivity contribution >= 4 is 26.9 Å². The summed E-state index contributed by atoms with van der Waals surface area (Å²) in [5.74, 6) is 0. The Morgan fingerprint density at radius 1 is 1.23 bits per heavy atom. The van der Waals surface area contributed by atoms with E-state index in [1.807, 2.05) is 24.3 Å². The summed E-state index contributed by atoms with van der Waals surface area (Å²) in [5, 5.41) is 1.18. The normalized spacial score (nSPS) is 15.3. The lowest BCUT2D eigenvalue weighted by Gasteiger charge is -1.90. The average molecular weight is 188 g/mol. The van der Waals surface area contributed by atoms with Gasteiger partial charge >= 0.3 is 0 Å². The molecule has 13 heavy (non-hydrogen) atoms. The molecule has 0 N–H and O–H groups in total. The van der Waals surface area contributed by atoms with Crippen LogP contribution < -0.4 is 0 Å². The average Bonchev–Trinajstić information content (AvgIpc) is 2.72. The molecule has 2 heteroatoms. The van der Waals surface area contributed by atoms with Crippen molar-refractivity contribution in [1.29, 1.82) is 0 Å². The third kappa shape index (κ3) is 0.844. The SMILES string of the molecule is [O-][s+]1c2c(c3ccccc31)CC=C2. The third-order valence-corrected chi connectivity index (χ3v) is 4.04. The summed E-state index contributed by atoms with van der Waals surface area (Å²) >= 11 is 0. The van der Waals surface area contributed by atoms with Crippen molar-refractivity contribution in [2.24, 2.45) is 0 Å². The number of rotatable bonds is 0. The van der Waals surface area contributed by atoms with Crippen LogP contribution in [0, 0.1) is 0 Å². The zero-order chi connectivity index (χ0) is 8.84. The number of allylic oxidation sites excluding steroid dienone is 1. The predicted octanol–water partition coefficient (Wildman–Crippen LogP) is 3.14. The number of hydrogen-bond donors (Lipinski definition) is 0. The maximum absolute atomic E-state index is 11.9. The molecule has 1 nitrogen and oxygen atoms in total. The lowest BCUT2D eigenvalue weighted by Crippen LogP contribution is -1.73. The van der Waals surface area contributed by atoms with Gasteiger partial charge in [-0.1, -0.05) is 18.2 Å². The molecular weight excluding hydrogens is 180 g/mol. The molecule has 0 spiro atoms. The topological polar surface area (TPSA) is 23.1 Å². The first kappa shape index (κ1) is 7.30. The van der Waals surface area contributed by atoms with E-state index in [4.69, 9.17) is 0 Å². The Balaban J connectivity index is 2.54. The van der Waals surface area contributed by atoms with Gasteiger partial charge in [0, 0.05) is 10.9 Å². The van der Waals surface area contributed by atoms with Crippen molar-refractivity contribution in [2.75, 3.05) is 0 Å². The molecule has 0 saturated heterocycles. The van der Waals surface area contributed by atoms with Crippen molar-refractivity contribution < 1.29 is 4.55 Å². The smallest absolute Gasteiger partial charge is 0.180 e. The van der Waals surface area contributed by atoms with Gasteiger partial charge < -0.3 is 4.55 Å². The second kappa shape index (κ2) is 2.44. The monoisotopic (exact) mass is 188 g/mol. The van der Waals surface area contributed by atoms with Crippen molar-refractivity contribution in [3.05, 3.63) is 40.8 Å². The Kier molecular flexibility index (Phi) is 1.37. The molecular formula is C11H8OS. The Labute approximate surface area is 79.1 Å². The van der Waals surface area contributed by atoms with Crippen LogP contribution in [-0.2, 0) is 6.42 Å². The zero-order valence-electron chi connectivity index (χ0n) is 6.99. The molecule has 0 bridgehead atoms. The van der Waals surface area contributed by atoms with Gasteiger partial charge in [-0.2, -0.15) is 0 Å². The van der Waals surface area contributed by atoms with E-state index in [0.29, 0.717) is 0 Å². The molecule has 3 rings (SSSR count). The number of hydrogen-bond acceptors (Lipinski definition) is 1. The lowest BCUT2D eigenvalue weighted by molar-refractivity contribution is 0.599. The van der Waals surface area contributed by atoms with Crippen molar-refractivity contribution in [3.63, 3.8) is 0 Å².